The van der Waals surface area contributed by atoms with Gasteiger partial charge in [-0.15, -0.1) is 11.3 Å². The van der Waals surface area contributed by atoms with Gasteiger partial charge in [-0.1, -0.05) is 52.3 Å². The van der Waals surface area contributed by atoms with Gasteiger partial charge in [-0.25, -0.2) is 0 Å². The van der Waals surface area contributed by atoms with E-state index in [2.05, 4.69) is 88.2 Å². The van der Waals surface area contributed by atoms with Gasteiger partial charge in [-0.2, -0.15) is 0 Å². The Kier molecular flexibility index (Phi) is 4.02. The van der Waals surface area contributed by atoms with Crippen molar-refractivity contribution >= 4 is 54.0 Å². The van der Waals surface area contributed by atoms with E-state index < -0.39 is 0 Å². The van der Waals surface area contributed by atoms with Gasteiger partial charge in [0.2, 0.25) is 0 Å². The predicted molar refractivity (Wildman–Crippen MR) is 96.2 cm³/mol. The number of alkyl halides is 1. The first kappa shape index (κ1) is 14.3. The summed E-state index contributed by atoms with van der Waals surface area (Å²) >= 11 is 9.33. The summed E-state index contributed by atoms with van der Waals surface area (Å²) in [5, 5.41) is 2.63. The van der Waals surface area contributed by atoms with E-state index in [9.17, 15) is 0 Å². The molecule has 2 aromatic carbocycles. The smallest absolute Gasteiger partial charge is 0.0747 e. The molecule has 1 heterocycles. The van der Waals surface area contributed by atoms with Crippen molar-refractivity contribution in [1.82, 2.24) is 0 Å². The van der Waals surface area contributed by atoms with Crippen LogP contribution in [0.1, 0.15) is 26.4 Å². The minimum Gasteiger partial charge on any atom is -0.131 e. The summed E-state index contributed by atoms with van der Waals surface area (Å²) in [6, 6.07) is 15.3. The summed E-state index contributed by atoms with van der Waals surface area (Å²) in [6.07, 6.45) is 0. The molecule has 0 aliphatic heterocycles. The number of halogens is 2. The van der Waals surface area contributed by atoms with Crippen LogP contribution < -0.4 is 0 Å². The third-order valence-electron chi connectivity index (χ3n) is 3.57. The van der Waals surface area contributed by atoms with Gasteiger partial charge < -0.3 is 0 Å². The lowest BCUT2D eigenvalue weighted by atomic mass is 9.97. The van der Waals surface area contributed by atoms with Crippen molar-refractivity contribution in [2.75, 3.05) is 0 Å². The lowest BCUT2D eigenvalue weighted by Gasteiger charge is -2.15. The Labute approximate surface area is 140 Å². The number of rotatable bonds is 2. The normalized spacial score (nSPS) is 12.8. The zero-order valence-electron chi connectivity index (χ0n) is 11.3. The molecular weight excluding hydrogens is 396 g/mol. The van der Waals surface area contributed by atoms with Crippen LogP contribution in [0.15, 0.2) is 46.3 Å². The fourth-order valence-corrected chi connectivity index (χ4v) is 5.07. The van der Waals surface area contributed by atoms with E-state index in [1.807, 2.05) is 0 Å². The second-order valence-electron chi connectivity index (χ2n) is 4.99. The molecule has 3 aromatic rings. The van der Waals surface area contributed by atoms with Crippen molar-refractivity contribution in [3.63, 3.8) is 0 Å². The summed E-state index contributed by atoms with van der Waals surface area (Å²) in [5.74, 6) is 0. The molecular formula is C17H14Br2S. The highest BCUT2D eigenvalue weighted by molar-refractivity contribution is 9.11. The third-order valence-corrected chi connectivity index (χ3v) is 7.02. The van der Waals surface area contributed by atoms with E-state index in [1.54, 1.807) is 11.3 Å². The Morgan fingerprint density at radius 1 is 1.00 bits per heavy atom. The Balaban J connectivity index is 2.20. The summed E-state index contributed by atoms with van der Waals surface area (Å²) in [6.45, 7) is 4.32. The molecule has 0 fully saturated rings. The van der Waals surface area contributed by atoms with E-state index in [4.69, 9.17) is 0 Å². The average Bonchev–Trinajstić information content (AvgIpc) is 2.78. The first-order valence-corrected chi connectivity index (χ1v) is 8.98. The lowest BCUT2D eigenvalue weighted by molar-refractivity contribution is 1.20. The molecule has 102 valence electrons. The van der Waals surface area contributed by atoms with Crippen molar-refractivity contribution < 1.29 is 0 Å². The first-order chi connectivity index (χ1) is 9.58. The monoisotopic (exact) mass is 408 g/mol. The van der Waals surface area contributed by atoms with Gasteiger partial charge in [0.1, 0.15) is 0 Å². The van der Waals surface area contributed by atoms with Crippen molar-refractivity contribution in [3.05, 3.63) is 67.8 Å². The molecule has 3 rings (SSSR count). The Bertz CT molecular complexity index is 754. The largest absolute Gasteiger partial charge is 0.131 e. The number of fused-ring (bicyclic) bond motifs is 1. The van der Waals surface area contributed by atoms with Gasteiger partial charge >= 0.3 is 0 Å². The molecule has 0 aliphatic carbocycles. The maximum Gasteiger partial charge on any atom is 0.0747 e. The van der Waals surface area contributed by atoms with E-state index in [1.165, 1.54) is 36.1 Å². The zero-order chi connectivity index (χ0) is 14.3. The number of benzene rings is 2. The number of hydrogen-bond acceptors (Lipinski definition) is 1. The molecule has 20 heavy (non-hydrogen) atoms. The number of thiophene rings is 1. The molecule has 3 heteroatoms. The van der Waals surface area contributed by atoms with Crippen LogP contribution in [0.5, 0.6) is 0 Å². The topological polar surface area (TPSA) is 0 Å². The van der Waals surface area contributed by atoms with E-state index in [0.29, 0.717) is 0 Å². The summed E-state index contributed by atoms with van der Waals surface area (Å²) in [7, 11) is 0. The lowest BCUT2D eigenvalue weighted by Crippen LogP contribution is -1.95. The van der Waals surface area contributed by atoms with Crippen LogP contribution in [0.25, 0.3) is 10.8 Å². The summed E-state index contributed by atoms with van der Waals surface area (Å²) < 4.78 is 1.22. The quantitative estimate of drug-likeness (QED) is 0.410. The standard InChI is InChI=1S/C17H14Br2S/c1-10-7-8-12-5-3-4-6-13(12)15(10)16(18)14-9-11(2)17(19)20-14/h3-9,16H,1-2H3. The first-order valence-electron chi connectivity index (χ1n) is 6.46. The minimum atomic E-state index is 0.239. The Hall–Kier alpha value is -0.640. The van der Waals surface area contributed by atoms with Gasteiger partial charge in [-0.3, -0.25) is 0 Å². The molecule has 0 nitrogen and oxygen atoms in total. The van der Waals surface area contributed by atoms with Crippen LogP contribution in [0.3, 0.4) is 0 Å². The van der Waals surface area contributed by atoms with Crippen molar-refractivity contribution in [2.45, 2.75) is 18.7 Å². The van der Waals surface area contributed by atoms with Gasteiger partial charge in [0, 0.05) is 4.88 Å². The van der Waals surface area contributed by atoms with Gasteiger partial charge in [0.05, 0.1) is 8.61 Å². The van der Waals surface area contributed by atoms with Crippen LogP contribution in [0.4, 0.5) is 0 Å². The Morgan fingerprint density at radius 3 is 2.45 bits per heavy atom. The van der Waals surface area contributed by atoms with Crippen molar-refractivity contribution in [1.29, 1.82) is 0 Å². The second kappa shape index (κ2) is 5.63. The molecule has 1 aromatic heterocycles. The van der Waals surface area contributed by atoms with Crippen LogP contribution in [-0.4, -0.2) is 0 Å². The fraction of sp³-hybridized carbons (Fsp3) is 0.176. The van der Waals surface area contributed by atoms with Crippen LogP contribution in [0, 0.1) is 13.8 Å². The molecule has 0 saturated carbocycles. The molecule has 0 radical (unpaired) electrons. The number of hydrogen-bond donors (Lipinski definition) is 0. The highest BCUT2D eigenvalue weighted by Gasteiger charge is 2.18. The SMILES string of the molecule is Cc1cc(C(Br)c2c(C)ccc3ccccc23)sc1Br. The van der Waals surface area contributed by atoms with Gasteiger partial charge in [0.25, 0.3) is 0 Å². The highest BCUT2D eigenvalue weighted by Crippen LogP contribution is 2.42. The molecule has 0 amide bonds. The molecule has 0 aliphatic rings. The zero-order valence-corrected chi connectivity index (χ0v) is 15.3. The molecule has 0 spiro atoms. The molecule has 1 unspecified atom stereocenters. The summed E-state index contributed by atoms with van der Waals surface area (Å²) in [4.78, 5) is 1.58. The van der Waals surface area contributed by atoms with Crippen LogP contribution in [-0.2, 0) is 0 Å². The van der Waals surface area contributed by atoms with E-state index in [-0.39, 0.29) is 4.83 Å². The Morgan fingerprint density at radius 2 is 1.75 bits per heavy atom. The minimum absolute atomic E-state index is 0.239. The molecule has 0 bridgehead atoms. The van der Waals surface area contributed by atoms with Crippen LogP contribution in [0.2, 0.25) is 0 Å². The third kappa shape index (κ3) is 2.47. The molecule has 1 atom stereocenters. The number of aryl methyl sites for hydroxylation is 2. The van der Waals surface area contributed by atoms with E-state index in [0.717, 1.165) is 0 Å². The molecule has 0 N–H and O–H groups in total. The van der Waals surface area contributed by atoms with Gasteiger partial charge in [0.15, 0.2) is 0 Å². The maximum atomic E-state index is 3.90. The van der Waals surface area contributed by atoms with Crippen molar-refractivity contribution in [3.8, 4) is 0 Å². The summed E-state index contributed by atoms with van der Waals surface area (Å²) in [5.41, 5.74) is 4.00. The van der Waals surface area contributed by atoms with Crippen LogP contribution >= 0.6 is 43.2 Å². The second-order valence-corrected chi connectivity index (χ2v) is 8.30. The van der Waals surface area contributed by atoms with Gasteiger partial charge in [-0.05, 0) is 63.3 Å². The van der Waals surface area contributed by atoms with E-state index >= 15 is 0 Å². The molecule has 0 saturated heterocycles. The average molecular weight is 410 g/mol. The predicted octanol–water partition coefficient (Wildman–Crippen LogP) is 6.76. The maximum absolute atomic E-state index is 3.90. The van der Waals surface area contributed by atoms with Crippen molar-refractivity contribution in [2.24, 2.45) is 0 Å². The fourth-order valence-electron chi connectivity index (χ4n) is 2.49. The highest BCUT2D eigenvalue weighted by atomic mass is 79.9.